The lowest BCUT2D eigenvalue weighted by atomic mass is 9.98. The molecule has 0 radical (unpaired) electrons. The molecular formula is C21H22N2O3S. The van der Waals surface area contributed by atoms with Gasteiger partial charge in [-0.3, -0.25) is 4.79 Å². The zero-order valence-electron chi connectivity index (χ0n) is 15.5. The summed E-state index contributed by atoms with van der Waals surface area (Å²) in [7, 11) is 3.28. The Labute approximate surface area is 162 Å². The number of thiazole rings is 1. The Hall–Kier alpha value is -2.60. The van der Waals surface area contributed by atoms with Crippen LogP contribution in [-0.2, 0) is 24.2 Å². The van der Waals surface area contributed by atoms with Crippen molar-refractivity contribution in [2.24, 2.45) is 0 Å². The highest BCUT2D eigenvalue weighted by Gasteiger charge is 2.23. The molecule has 1 aliphatic heterocycles. The van der Waals surface area contributed by atoms with Gasteiger partial charge < -0.3 is 14.4 Å². The van der Waals surface area contributed by atoms with E-state index in [1.807, 2.05) is 35.2 Å². The lowest BCUT2D eigenvalue weighted by Gasteiger charge is -2.29. The Balaban J connectivity index is 1.43. The van der Waals surface area contributed by atoms with Gasteiger partial charge in [-0.1, -0.05) is 12.1 Å². The molecule has 27 heavy (non-hydrogen) atoms. The third-order valence-corrected chi connectivity index (χ3v) is 6.06. The Morgan fingerprint density at radius 2 is 1.89 bits per heavy atom. The molecule has 5 nitrogen and oxygen atoms in total. The molecule has 0 N–H and O–H groups in total. The highest BCUT2D eigenvalue weighted by atomic mass is 32.1. The minimum atomic E-state index is 0.176. The molecule has 0 atom stereocenters. The molecule has 3 aromatic rings. The van der Waals surface area contributed by atoms with Crippen LogP contribution in [0.4, 0.5) is 0 Å². The summed E-state index contributed by atoms with van der Waals surface area (Å²) in [6.45, 7) is 1.36. The summed E-state index contributed by atoms with van der Waals surface area (Å²) in [6.07, 6.45) is 2.01. The number of aromatic nitrogens is 1. The van der Waals surface area contributed by atoms with Gasteiger partial charge in [-0.15, -0.1) is 11.3 Å². The molecule has 2 heterocycles. The van der Waals surface area contributed by atoms with E-state index in [0.717, 1.165) is 34.8 Å². The van der Waals surface area contributed by atoms with Gasteiger partial charge >= 0.3 is 0 Å². The molecular weight excluding hydrogens is 360 g/mol. The second-order valence-corrected chi connectivity index (χ2v) is 7.73. The van der Waals surface area contributed by atoms with Crippen molar-refractivity contribution in [3.63, 3.8) is 0 Å². The lowest BCUT2D eigenvalue weighted by Crippen LogP contribution is -2.36. The van der Waals surface area contributed by atoms with Gasteiger partial charge in [0.25, 0.3) is 0 Å². The monoisotopic (exact) mass is 382 g/mol. The largest absolute Gasteiger partial charge is 0.493 e. The van der Waals surface area contributed by atoms with Crippen molar-refractivity contribution >= 4 is 27.5 Å². The van der Waals surface area contributed by atoms with Crippen LogP contribution in [0.3, 0.4) is 0 Å². The summed E-state index contributed by atoms with van der Waals surface area (Å²) in [6, 6.07) is 12.1. The van der Waals surface area contributed by atoms with Crippen molar-refractivity contribution in [3.8, 4) is 11.5 Å². The number of hydrogen-bond acceptors (Lipinski definition) is 5. The van der Waals surface area contributed by atoms with Gasteiger partial charge in [0.1, 0.15) is 0 Å². The number of aryl methyl sites for hydroxylation is 1. The van der Waals surface area contributed by atoms with Crippen molar-refractivity contribution in [1.29, 1.82) is 0 Å². The Morgan fingerprint density at radius 3 is 2.63 bits per heavy atom. The smallest absolute Gasteiger partial charge is 0.223 e. The fourth-order valence-corrected chi connectivity index (χ4v) is 4.46. The van der Waals surface area contributed by atoms with Gasteiger partial charge in [-0.25, -0.2) is 4.98 Å². The third kappa shape index (κ3) is 3.62. The molecule has 0 spiro atoms. The van der Waals surface area contributed by atoms with E-state index in [2.05, 4.69) is 11.1 Å². The van der Waals surface area contributed by atoms with Crippen LogP contribution in [0.1, 0.15) is 22.6 Å². The molecule has 2 aromatic carbocycles. The fourth-order valence-electron chi connectivity index (χ4n) is 3.49. The van der Waals surface area contributed by atoms with Crippen LogP contribution >= 0.6 is 11.3 Å². The summed E-state index contributed by atoms with van der Waals surface area (Å²) in [5.74, 6) is 1.63. The van der Waals surface area contributed by atoms with Crippen LogP contribution in [0.2, 0.25) is 0 Å². The number of carbonyl (C=O) groups is 1. The number of hydrogen-bond donors (Lipinski definition) is 0. The lowest BCUT2D eigenvalue weighted by molar-refractivity contribution is -0.132. The van der Waals surface area contributed by atoms with Crippen molar-refractivity contribution in [1.82, 2.24) is 9.88 Å². The van der Waals surface area contributed by atoms with Gasteiger partial charge in [0.05, 0.1) is 29.4 Å². The van der Waals surface area contributed by atoms with E-state index in [-0.39, 0.29) is 5.91 Å². The van der Waals surface area contributed by atoms with E-state index in [4.69, 9.17) is 9.47 Å². The van der Waals surface area contributed by atoms with E-state index in [9.17, 15) is 4.79 Å². The van der Waals surface area contributed by atoms with E-state index >= 15 is 0 Å². The Kier molecular flexibility index (Phi) is 4.99. The number of methoxy groups -OCH3 is 2. The summed E-state index contributed by atoms with van der Waals surface area (Å²) >= 11 is 1.67. The van der Waals surface area contributed by atoms with E-state index in [0.29, 0.717) is 25.1 Å². The van der Waals surface area contributed by atoms with Crippen LogP contribution in [0.15, 0.2) is 36.4 Å². The van der Waals surface area contributed by atoms with Gasteiger partial charge in [-0.2, -0.15) is 0 Å². The van der Waals surface area contributed by atoms with Crippen LogP contribution < -0.4 is 9.47 Å². The maximum absolute atomic E-state index is 12.7. The number of para-hydroxylation sites is 1. The zero-order chi connectivity index (χ0) is 18.8. The van der Waals surface area contributed by atoms with Crippen LogP contribution in [0.5, 0.6) is 11.5 Å². The maximum atomic E-state index is 12.7. The van der Waals surface area contributed by atoms with Gasteiger partial charge in [0.2, 0.25) is 5.91 Å². The molecule has 0 aliphatic carbocycles. The van der Waals surface area contributed by atoms with E-state index < -0.39 is 0 Å². The number of nitrogens with zero attached hydrogens (tertiary/aromatic N) is 2. The Morgan fingerprint density at radius 1 is 1.15 bits per heavy atom. The molecule has 1 aromatic heterocycles. The first-order chi connectivity index (χ1) is 13.2. The van der Waals surface area contributed by atoms with Crippen LogP contribution in [-0.4, -0.2) is 36.6 Å². The molecule has 140 valence electrons. The molecule has 0 saturated heterocycles. The summed E-state index contributed by atoms with van der Waals surface area (Å²) in [5, 5.41) is 1.02. The fraction of sp³-hybridized carbons (Fsp3) is 0.333. The van der Waals surface area contributed by atoms with Crippen LogP contribution in [0, 0.1) is 0 Å². The topological polar surface area (TPSA) is 51.7 Å². The average molecular weight is 382 g/mol. The molecule has 6 heteroatoms. The minimum absolute atomic E-state index is 0.176. The average Bonchev–Trinajstić information content (AvgIpc) is 3.13. The number of ether oxygens (including phenoxy) is 2. The van der Waals surface area contributed by atoms with Crippen molar-refractivity contribution in [2.75, 3.05) is 20.8 Å². The molecule has 1 amide bonds. The predicted octanol–water partition coefficient (Wildman–Crippen LogP) is 3.83. The highest BCUT2D eigenvalue weighted by molar-refractivity contribution is 7.18. The summed E-state index contributed by atoms with van der Waals surface area (Å²) in [5.41, 5.74) is 3.37. The number of benzene rings is 2. The van der Waals surface area contributed by atoms with Gasteiger partial charge in [0, 0.05) is 25.9 Å². The highest BCUT2D eigenvalue weighted by Crippen LogP contribution is 2.33. The second-order valence-electron chi connectivity index (χ2n) is 6.62. The van der Waals surface area contributed by atoms with E-state index in [1.165, 1.54) is 10.3 Å². The number of fused-ring (bicyclic) bond motifs is 2. The summed E-state index contributed by atoms with van der Waals surface area (Å²) in [4.78, 5) is 19.3. The minimum Gasteiger partial charge on any atom is -0.493 e. The van der Waals surface area contributed by atoms with Crippen molar-refractivity contribution < 1.29 is 14.3 Å². The summed E-state index contributed by atoms with van der Waals surface area (Å²) < 4.78 is 11.9. The molecule has 0 bridgehead atoms. The predicted molar refractivity (Wildman–Crippen MR) is 107 cm³/mol. The van der Waals surface area contributed by atoms with Crippen LogP contribution in [0.25, 0.3) is 10.2 Å². The normalized spacial score (nSPS) is 13.5. The first kappa shape index (κ1) is 17.8. The van der Waals surface area contributed by atoms with E-state index in [1.54, 1.807) is 25.6 Å². The quantitative estimate of drug-likeness (QED) is 0.673. The first-order valence-electron chi connectivity index (χ1n) is 9.04. The van der Waals surface area contributed by atoms with Gasteiger partial charge in [-0.05, 0) is 41.8 Å². The first-order valence-corrected chi connectivity index (χ1v) is 9.85. The number of rotatable bonds is 5. The van der Waals surface area contributed by atoms with Crippen molar-refractivity contribution in [2.45, 2.75) is 25.8 Å². The molecule has 1 aliphatic rings. The number of amides is 1. The zero-order valence-corrected chi connectivity index (χ0v) is 16.3. The SMILES string of the molecule is COc1cc2c(cc1OC)CN(C(=O)CCc1nc3ccccc3s1)CC2. The maximum Gasteiger partial charge on any atom is 0.223 e. The van der Waals surface area contributed by atoms with Gasteiger partial charge in [0.15, 0.2) is 11.5 Å². The third-order valence-electron chi connectivity index (χ3n) is 4.96. The molecule has 4 rings (SSSR count). The number of carbonyl (C=O) groups excluding carboxylic acids is 1. The second kappa shape index (κ2) is 7.56. The Bertz CT molecular complexity index is 950. The standard InChI is InChI=1S/C21H22N2O3S/c1-25-17-11-14-9-10-23(13-15(14)12-18(17)26-2)21(24)8-7-20-22-16-5-3-4-6-19(16)27-20/h3-6,11-12H,7-10,13H2,1-2H3. The van der Waals surface area contributed by atoms with Crippen molar-refractivity contribution in [3.05, 3.63) is 52.5 Å². The molecule has 0 saturated carbocycles. The molecule has 0 unspecified atom stereocenters. The molecule has 0 fully saturated rings.